The number of methoxy groups -OCH3 is 1. The van der Waals surface area contributed by atoms with Crippen molar-refractivity contribution >= 4 is 16.7 Å². The minimum absolute atomic E-state index is 0.369. The van der Waals surface area contributed by atoms with Gasteiger partial charge in [0.1, 0.15) is 12.2 Å². The van der Waals surface area contributed by atoms with Gasteiger partial charge >= 0.3 is 0 Å². The average Bonchev–Trinajstić information content (AvgIpc) is 2.61. The molecule has 14 heavy (non-hydrogen) atoms. The molecule has 0 bridgehead atoms. The molecule has 1 aromatic heterocycles. The summed E-state index contributed by atoms with van der Waals surface area (Å²) in [6.07, 6.45) is 0. The highest BCUT2D eigenvalue weighted by Gasteiger charge is 2.03. The molecule has 70 valence electrons. The first kappa shape index (κ1) is 8.66. The minimum Gasteiger partial charge on any atom is -0.362 e. The van der Waals surface area contributed by atoms with Gasteiger partial charge in [-0.15, -0.1) is 5.10 Å². The van der Waals surface area contributed by atoms with Crippen molar-refractivity contribution in [3.63, 3.8) is 0 Å². The predicted octanol–water partition coefficient (Wildman–Crippen LogP) is 1.59. The third kappa shape index (κ3) is 1.32. The van der Waals surface area contributed by atoms with Crippen LogP contribution in [0.1, 0.15) is 0 Å². The summed E-state index contributed by atoms with van der Waals surface area (Å²) >= 11 is 0. The predicted molar refractivity (Wildman–Crippen MR) is 50.8 cm³/mol. The van der Waals surface area contributed by atoms with E-state index in [1.165, 1.54) is 0 Å². The van der Waals surface area contributed by atoms with Gasteiger partial charge in [-0.3, -0.25) is 0 Å². The van der Waals surface area contributed by atoms with Crippen LogP contribution in [-0.2, 0) is 11.5 Å². The summed E-state index contributed by atoms with van der Waals surface area (Å²) in [4.78, 5) is 3.32. The Morgan fingerprint density at radius 3 is 3.14 bits per heavy atom. The van der Waals surface area contributed by atoms with Gasteiger partial charge in [0, 0.05) is 7.11 Å². The van der Waals surface area contributed by atoms with Crippen molar-refractivity contribution < 1.29 is 4.74 Å². The zero-order valence-corrected chi connectivity index (χ0v) is 7.64. The summed E-state index contributed by atoms with van der Waals surface area (Å²) in [5.74, 6) is 0. The molecule has 0 amide bonds. The van der Waals surface area contributed by atoms with E-state index in [2.05, 4.69) is 15.2 Å². The standard InChI is InChI=1S/C9H8N4O/c1-10-7-3-4-9-8(5-7)11-12-13(9)6-14-2/h3-5H,6H2,2H3. The minimum atomic E-state index is 0.369. The van der Waals surface area contributed by atoms with Gasteiger partial charge in [-0.25, -0.2) is 9.53 Å². The normalized spacial score (nSPS) is 10.3. The molecule has 5 nitrogen and oxygen atoms in total. The summed E-state index contributed by atoms with van der Waals surface area (Å²) in [7, 11) is 1.60. The van der Waals surface area contributed by atoms with Crippen molar-refractivity contribution in [2.75, 3.05) is 7.11 Å². The van der Waals surface area contributed by atoms with Crippen LogP contribution in [0.3, 0.4) is 0 Å². The topological polar surface area (TPSA) is 44.3 Å². The molecule has 0 saturated carbocycles. The van der Waals surface area contributed by atoms with E-state index in [1.807, 2.05) is 6.07 Å². The number of fused-ring (bicyclic) bond motifs is 1. The molecule has 1 heterocycles. The Kier molecular flexibility index (Phi) is 2.13. The molecule has 0 N–H and O–H groups in total. The van der Waals surface area contributed by atoms with E-state index in [1.54, 1.807) is 23.9 Å². The number of ether oxygens (including phenoxy) is 1. The van der Waals surface area contributed by atoms with Gasteiger partial charge in [0.05, 0.1) is 12.1 Å². The summed E-state index contributed by atoms with van der Waals surface area (Å²) in [6, 6.07) is 5.27. The molecule has 0 aliphatic carbocycles. The summed E-state index contributed by atoms with van der Waals surface area (Å²) in [5.41, 5.74) is 2.16. The van der Waals surface area contributed by atoms with Crippen LogP contribution in [0.2, 0.25) is 0 Å². The van der Waals surface area contributed by atoms with Crippen molar-refractivity contribution in [2.45, 2.75) is 6.73 Å². The van der Waals surface area contributed by atoms with E-state index in [-0.39, 0.29) is 0 Å². The maximum atomic E-state index is 6.85. The van der Waals surface area contributed by atoms with Crippen LogP contribution < -0.4 is 0 Å². The van der Waals surface area contributed by atoms with Gasteiger partial charge in [0.15, 0.2) is 5.69 Å². The molecule has 2 aromatic rings. The van der Waals surface area contributed by atoms with Crippen LogP contribution in [0, 0.1) is 6.57 Å². The van der Waals surface area contributed by atoms with Crippen molar-refractivity contribution in [1.29, 1.82) is 0 Å². The van der Waals surface area contributed by atoms with E-state index < -0.39 is 0 Å². The smallest absolute Gasteiger partial charge is 0.189 e. The Morgan fingerprint density at radius 2 is 2.43 bits per heavy atom. The number of aromatic nitrogens is 3. The fraction of sp³-hybridized carbons (Fsp3) is 0.222. The van der Waals surface area contributed by atoms with E-state index >= 15 is 0 Å². The second kappa shape index (κ2) is 3.44. The highest BCUT2D eigenvalue weighted by Crippen LogP contribution is 2.18. The zero-order valence-electron chi connectivity index (χ0n) is 7.64. The first-order valence-electron chi connectivity index (χ1n) is 4.05. The number of benzene rings is 1. The molecule has 0 atom stereocenters. The Balaban J connectivity index is 2.55. The summed E-state index contributed by atoms with van der Waals surface area (Å²) < 4.78 is 6.59. The number of nitrogens with zero attached hydrogens (tertiary/aromatic N) is 4. The van der Waals surface area contributed by atoms with Crippen molar-refractivity contribution in [3.05, 3.63) is 29.6 Å². The van der Waals surface area contributed by atoms with Crippen LogP contribution in [0.5, 0.6) is 0 Å². The summed E-state index contributed by atoms with van der Waals surface area (Å²) in [6.45, 7) is 7.22. The van der Waals surface area contributed by atoms with Crippen molar-refractivity contribution in [1.82, 2.24) is 15.0 Å². The first-order chi connectivity index (χ1) is 6.85. The molecule has 0 spiro atoms. The van der Waals surface area contributed by atoms with E-state index in [0.29, 0.717) is 12.4 Å². The van der Waals surface area contributed by atoms with Crippen molar-refractivity contribution in [2.24, 2.45) is 0 Å². The fourth-order valence-corrected chi connectivity index (χ4v) is 1.25. The lowest BCUT2D eigenvalue weighted by Crippen LogP contribution is -2.01. The molecule has 0 unspecified atom stereocenters. The lowest BCUT2D eigenvalue weighted by Gasteiger charge is -1.98. The first-order valence-corrected chi connectivity index (χ1v) is 4.05. The van der Waals surface area contributed by atoms with Crippen LogP contribution in [-0.4, -0.2) is 22.1 Å². The second-order valence-corrected chi connectivity index (χ2v) is 2.79. The van der Waals surface area contributed by atoms with Crippen molar-refractivity contribution in [3.8, 4) is 0 Å². The monoisotopic (exact) mass is 188 g/mol. The molecular weight excluding hydrogens is 180 g/mol. The zero-order chi connectivity index (χ0) is 9.97. The number of rotatable bonds is 2. The Bertz CT molecular complexity index is 497. The summed E-state index contributed by atoms with van der Waals surface area (Å²) in [5, 5.41) is 7.83. The third-order valence-electron chi connectivity index (χ3n) is 1.88. The highest BCUT2D eigenvalue weighted by molar-refractivity contribution is 5.78. The molecule has 0 saturated heterocycles. The molecule has 5 heteroatoms. The lowest BCUT2D eigenvalue weighted by atomic mass is 10.3. The second-order valence-electron chi connectivity index (χ2n) is 2.79. The molecule has 1 aromatic carbocycles. The lowest BCUT2D eigenvalue weighted by molar-refractivity contribution is 0.122. The molecule has 2 rings (SSSR count). The van der Waals surface area contributed by atoms with Gasteiger partial charge in [-0.05, 0) is 12.1 Å². The van der Waals surface area contributed by atoms with E-state index in [9.17, 15) is 0 Å². The van der Waals surface area contributed by atoms with Gasteiger partial charge < -0.3 is 4.74 Å². The Labute approximate surface area is 80.7 Å². The van der Waals surface area contributed by atoms with E-state index in [4.69, 9.17) is 11.3 Å². The van der Waals surface area contributed by atoms with Crippen LogP contribution in [0.25, 0.3) is 15.9 Å². The van der Waals surface area contributed by atoms with Gasteiger partial charge in [-0.2, -0.15) is 0 Å². The molecule has 0 aliphatic heterocycles. The van der Waals surface area contributed by atoms with Gasteiger partial charge in [-0.1, -0.05) is 11.3 Å². The largest absolute Gasteiger partial charge is 0.362 e. The highest BCUT2D eigenvalue weighted by atomic mass is 16.5. The average molecular weight is 188 g/mol. The van der Waals surface area contributed by atoms with Gasteiger partial charge in [0.2, 0.25) is 0 Å². The Morgan fingerprint density at radius 1 is 1.57 bits per heavy atom. The molecule has 0 radical (unpaired) electrons. The Hall–Kier alpha value is -1.93. The molecular formula is C9H8N4O. The number of hydrogen-bond donors (Lipinski definition) is 0. The van der Waals surface area contributed by atoms with E-state index in [0.717, 1.165) is 11.0 Å². The van der Waals surface area contributed by atoms with Crippen LogP contribution >= 0.6 is 0 Å². The maximum absolute atomic E-state index is 6.85. The number of hydrogen-bond acceptors (Lipinski definition) is 3. The molecule has 0 fully saturated rings. The SMILES string of the molecule is [C-]#[N+]c1ccc2c(c1)nnn2COC. The van der Waals surface area contributed by atoms with Gasteiger partial charge in [0.25, 0.3) is 0 Å². The maximum Gasteiger partial charge on any atom is 0.189 e. The fourth-order valence-electron chi connectivity index (χ4n) is 1.25. The van der Waals surface area contributed by atoms with Crippen LogP contribution in [0.15, 0.2) is 18.2 Å². The third-order valence-corrected chi connectivity index (χ3v) is 1.88. The van der Waals surface area contributed by atoms with Crippen LogP contribution in [0.4, 0.5) is 5.69 Å². The molecule has 0 aliphatic rings. The quantitative estimate of drug-likeness (QED) is 0.672.